The van der Waals surface area contributed by atoms with E-state index in [9.17, 15) is 28.8 Å². The van der Waals surface area contributed by atoms with Crippen LogP contribution in [0.2, 0.25) is 0 Å². The van der Waals surface area contributed by atoms with E-state index in [1.54, 1.807) is 41.5 Å². The molecule has 3 rings (SSSR count). The lowest BCUT2D eigenvalue weighted by molar-refractivity contribution is -0.297. The van der Waals surface area contributed by atoms with Crippen LogP contribution in [0.4, 0.5) is 4.79 Å². The zero-order valence-corrected chi connectivity index (χ0v) is 30.3. The minimum atomic E-state index is -1.63. The van der Waals surface area contributed by atoms with Crippen molar-refractivity contribution in [3.05, 3.63) is 0 Å². The van der Waals surface area contributed by atoms with Crippen LogP contribution in [0.5, 0.6) is 0 Å². The van der Waals surface area contributed by atoms with E-state index in [1.165, 1.54) is 20.8 Å². The number of esters is 3. The number of rotatable bonds is 6. The van der Waals surface area contributed by atoms with Crippen LogP contribution in [0.1, 0.15) is 88.5 Å². The number of amides is 1. The highest BCUT2D eigenvalue weighted by Gasteiger charge is 2.57. The number of nitrogens with zero attached hydrogens (tertiary/aromatic N) is 1. The topological polar surface area (TPSA) is 173 Å². The summed E-state index contributed by atoms with van der Waals surface area (Å²) in [5.41, 5.74) is -3.05. The SMILES string of the molecule is CC[C@H]1OC(=O)[C@H](C)C(=O)[C@H](C)[C@@H](O[C@@H]2O[C@H](C)C[C@H](N(C)C)[C@H]2OC(C)=O)[C@](C)(OC(C)=O)C[C@@H](C)C(=O)[C@H](C)[C@H]2NC(=O)O[C@@]21C. The van der Waals surface area contributed by atoms with Crippen molar-refractivity contribution in [2.45, 2.75) is 142 Å². The maximum atomic E-state index is 14.2. The van der Waals surface area contributed by atoms with E-state index in [4.69, 9.17) is 28.4 Å². The van der Waals surface area contributed by atoms with E-state index in [2.05, 4.69) is 5.32 Å². The quantitative estimate of drug-likeness (QED) is 0.246. The fourth-order valence-electron chi connectivity index (χ4n) is 7.72. The number of carbonyl (C=O) groups excluding carboxylic acids is 6. The first-order valence-electron chi connectivity index (χ1n) is 16.8. The molecule has 0 spiro atoms. The molecule has 1 N–H and O–H groups in total. The molecule has 3 fully saturated rings. The zero-order valence-electron chi connectivity index (χ0n) is 30.3. The molecule has 272 valence electrons. The van der Waals surface area contributed by atoms with Crippen LogP contribution in [0, 0.1) is 23.7 Å². The normalized spacial score (nSPS) is 41.4. The summed E-state index contributed by atoms with van der Waals surface area (Å²) < 4.78 is 36.0. The van der Waals surface area contributed by atoms with Crippen LogP contribution in [-0.4, -0.2) is 109 Å². The Hall–Kier alpha value is -3.10. The molecule has 3 aliphatic heterocycles. The Morgan fingerprint density at radius 1 is 0.958 bits per heavy atom. The molecular formula is C34H54N2O12. The standard InChI is InChI=1S/C34H54N2O12/c1-13-24-34(10)28(35-32(42)48-34)18(4)25(39)16(2)15-33(9,47-22(8)38)29(19(5)26(40)20(6)30(41)45-24)46-31-27(44-21(7)37)23(36(11)12)14-17(3)43-31/h16-20,23-24,27-29,31H,13-15H2,1-12H3,(H,35,42)/t16-,17-,18+,19+,20-,23+,24-,27-,28-,29-,31+,33-,34-/m1/s1. The highest BCUT2D eigenvalue weighted by molar-refractivity contribution is 6.00. The molecule has 3 saturated heterocycles. The fourth-order valence-corrected chi connectivity index (χ4v) is 7.72. The third-order valence-electron chi connectivity index (χ3n) is 10.1. The van der Waals surface area contributed by atoms with Crippen LogP contribution < -0.4 is 5.32 Å². The number of ether oxygens (including phenoxy) is 6. The minimum Gasteiger partial charge on any atom is -0.458 e. The van der Waals surface area contributed by atoms with Gasteiger partial charge in [-0.25, -0.2) is 4.79 Å². The lowest BCUT2D eigenvalue weighted by Crippen LogP contribution is -2.61. The molecule has 13 atom stereocenters. The molecule has 3 aliphatic rings. The van der Waals surface area contributed by atoms with Gasteiger partial charge in [-0.1, -0.05) is 27.7 Å². The summed E-state index contributed by atoms with van der Waals surface area (Å²) in [4.78, 5) is 81.3. The monoisotopic (exact) mass is 682 g/mol. The molecule has 0 saturated carbocycles. The predicted molar refractivity (Wildman–Crippen MR) is 170 cm³/mol. The van der Waals surface area contributed by atoms with Gasteiger partial charge in [-0.2, -0.15) is 0 Å². The third kappa shape index (κ3) is 8.19. The summed E-state index contributed by atoms with van der Waals surface area (Å²) in [7, 11) is 3.67. The second kappa shape index (κ2) is 15.2. The molecule has 0 unspecified atom stereocenters. The van der Waals surface area contributed by atoms with Gasteiger partial charge in [0.05, 0.1) is 18.2 Å². The van der Waals surface area contributed by atoms with Gasteiger partial charge in [0.15, 0.2) is 23.8 Å². The molecule has 0 aromatic carbocycles. The highest BCUT2D eigenvalue weighted by Crippen LogP contribution is 2.40. The smallest absolute Gasteiger partial charge is 0.408 e. The summed E-state index contributed by atoms with van der Waals surface area (Å²) in [6, 6.07) is -1.20. The average molecular weight is 683 g/mol. The van der Waals surface area contributed by atoms with E-state index in [0.29, 0.717) is 6.42 Å². The van der Waals surface area contributed by atoms with Crippen LogP contribution in [0.15, 0.2) is 0 Å². The Kier molecular flexibility index (Phi) is 12.5. The molecule has 48 heavy (non-hydrogen) atoms. The molecule has 0 aromatic rings. The summed E-state index contributed by atoms with van der Waals surface area (Å²) in [5, 5.41) is 2.72. The van der Waals surface area contributed by atoms with Gasteiger partial charge >= 0.3 is 24.0 Å². The minimum absolute atomic E-state index is 0.0933. The van der Waals surface area contributed by atoms with E-state index in [0.717, 1.165) is 0 Å². The van der Waals surface area contributed by atoms with Gasteiger partial charge in [0.1, 0.15) is 29.5 Å². The largest absolute Gasteiger partial charge is 0.458 e. The Balaban J connectivity index is 2.19. The van der Waals surface area contributed by atoms with Crippen molar-refractivity contribution >= 4 is 35.6 Å². The number of ketones is 2. The second-order valence-corrected chi connectivity index (χ2v) is 14.4. The number of cyclic esters (lactones) is 1. The lowest BCUT2D eigenvalue weighted by atomic mass is 9.73. The van der Waals surface area contributed by atoms with Gasteiger partial charge in [0.25, 0.3) is 0 Å². The van der Waals surface area contributed by atoms with Crippen LogP contribution >= 0.6 is 0 Å². The van der Waals surface area contributed by atoms with E-state index in [1.807, 2.05) is 25.9 Å². The predicted octanol–water partition coefficient (Wildman–Crippen LogP) is 2.97. The number of hydrogen-bond acceptors (Lipinski definition) is 13. The molecular weight excluding hydrogens is 628 g/mol. The lowest BCUT2D eigenvalue weighted by Gasteiger charge is -2.47. The summed E-state index contributed by atoms with van der Waals surface area (Å²) in [6.45, 7) is 15.5. The van der Waals surface area contributed by atoms with Crippen molar-refractivity contribution in [2.75, 3.05) is 14.1 Å². The first kappa shape index (κ1) is 39.3. The van der Waals surface area contributed by atoms with E-state index in [-0.39, 0.29) is 30.8 Å². The molecule has 14 heteroatoms. The Morgan fingerprint density at radius 2 is 1.58 bits per heavy atom. The summed E-state index contributed by atoms with van der Waals surface area (Å²) in [6.07, 6.45) is -4.85. The summed E-state index contributed by atoms with van der Waals surface area (Å²) in [5.74, 6) is -7.01. The van der Waals surface area contributed by atoms with Crippen LogP contribution in [0.3, 0.4) is 0 Å². The summed E-state index contributed by atoms with van der Waals surface area (Å²) >= 11 is 0. The van der Waals surface area contributed by atoms with Gasteiger partial charge in [0, 0.05) is 31.6 Å². The van der Waals surface area contributed by atoms with Crippen molar-refractivity contribution in [2.24, 2.45) is 23.7 Å². The van der Waals surface area contributed by atoms with Crippen molar-refractivity contribution < 1.29 is 57.2 Å². The van der Waals surface area contributed by atoms with Crippen molar-refractivity contribution in [3.63, 3.8) is 0 Å². The van der Waals surface area contributed by atoms with Crippen molar-refractivity contribution in [1.29, 1.82) is 0 Å². The molecule has 0 radical (unpaired) electrons. The number of nitrogens with one attached hydrogen (secondary N) is 1. The number of fused-ring (bicyclic) bond motifs is 1. The Bertz CT molecular complexity index is 1260. The number of alkyl carbamates (subject to hydrolysis) is 1. The van der Waals surface area contributed by atoms with Gasteiger partial charge in [0.2, 0.25) is 0 Å². The maximum absolute atomic E-state index is 14.2. The Morgan fingerprint density at radius 3 is 2.12 bits per heavy atom. The first-order chi connectivity index (χ1) is 22.2. The molecule has 0 bridgehead atoms. The fraction of sp³-hybridized carbons (Fsp3) is 0.824. The first-order valence-corrected chi connectivity index (χ1v) is 16.8. The van der Waals surface area contributed by atoms with Gasteiger partial charge in [-0.15, -0.1) is 0 Å². The molecule has 1 amide bonds. The van der Waals surface area contributed by atoms with Crippen LogP contribution in [0.25, 0.3) is 0 Å². The molecule has 14 nitrogen and oxygen atoms in total. The van der Waals surface area contributed by atoms with Crippen molar-refractivity contribution in [1.82, 2.24) is 10.2 Å². The molecule has 3 heterocycles. The molecule has 0 aliphatic carbocycles. The van der Waals surface area contributed by atoms with Crippen LogP contribution in [-0.2, 0) is 52.4 Å². The number of carbonyl (C=O) groups is 6. The number of hydrogen-bond donors (Lipinski definition) is 1. The Labute approximate surface area is 283 Å². The molecule has 0 aromatic heterocycles. The average Bonchev–Trinajstić information content (AvgIpc) is 3.30. The van der Waals surface area contributed by atoms with E-state index < -0.39 is 95.3 Å². The van der Waals surface area contributed by atoms with Gasteiger partial charge in [-0.3, -0.25) is 24.0 Å². The van der Waals surface area contributed by atoms with Gasteiger partial charge in [-0.05, 0) is 61.1 Å². The highest BCUT2D eigenvalue weighted by atomic mass is 16.7. The van der Waals surface area contributed by atoms with E-state index >= 15 is 0 Å². The van der Waals surface area contributed by atoms with Gasteiger partial charge < -0.3 is 38.6 Å². The number of likely N-dealkylation sites (N-methyl/N-ethyl adjacent to an activating group) is 1. The number of Topliss-reactive ketones (excluding diaryl/α,β-unsaturated/α-hetero) is 2. The third-order valence-corrected chi connectivity index (χ3v) is 10.1. The van der Waals surface area contributed by atoms with Crippen molar-refractivity contribution in [3.8, 4) is 0 Å². The second-order valence-electron chi connectivity index (χ2n) is 14.4. The zero-order chi connectivity index (χ0) is 36.5. The maximum Gasteiger partial charge on any atom is 0.408 e.